The first-order valence-corrected chi connectivity index (χ1v) is 32.7. The first-order valence-electron chi connectivity index (χ1n) is 31.2. The van der Waals surface area contributed by atoms with E-state index in [1.54, 1.807) is 0 Å². The zero-order chi connectivity index (χ0) is 56.4. The number of carbonyl (C=O) groups is 2. The molecule has 0 spiro atoms. The Kier molecular flexibility index (Phi) is 53.5. The Labute approximate surface area is 474 Å². The lowest BCUT2D eigenvalue weighted by molar-refractivity contribution is -0.870. The number of ether oxygens (including phenoxy) is 1. The highest BCUT2D eigenvalue weighted by atomic mass is 31.2. The van der Waals surface area contributed by atoms with Crippen LogP contribution in [-0.2, 0) is 27.9 Å². The molecule has 9 nitrogen and oxygen atoms in total. The summed E-state index contributed by atoms with van der Waals surface area (Å²) in [4.78, 5) is 39.9. The molecule has 442 valence electrons. The summed E-state index contributed by atoms with van der Waals surface area (Å²) in [5.74, 6) is -0.625. The molecule has 0 fully saturated rings. The van der Waals surface area contributed by atoms with Gasteiger partial charge in [-0.3, -0.25) is 14.2 Å². The monoisotopic (exact) mass is 1090 g/mol. The second kappa shape index (κ2) is 56.0. The molecule has 0 aliphatic rings. The SMILES string of the molecule is CCCCC/C=C\C/C=C\C/C=C\C/C=C\CCCCCCCCCC(=O)OC(/C=C\CCCCCCCCCCC)C(COP(=O)([O-])OCC[N+](C)(C)C)NC(=O)CCC/C=C\C/C=C\C/C=C\C/C=C\CCCCC. The van der Waals surface area contributed by atoms with Gasteiger partial charge in [-0.05, 0) is 115 Å². The van der Waals surface area contributed by atoms with Crippen molar-refractivity contribution in [3.8, 4) is 0 Å². The van der Waals surface area contributed by atoms with Crippen molar-refractivity contribution in [2.45, 2.75) is 264 Å². The summed E-state index contributed by atoms with van der Waals surface area (Å²) in [6.07, 6.45) is 76.4. The Morgan fingerprint density at radius 3 is 1.23 bits per heavy atom. The van der Waals surface area contributed by atoms with E-state index in [0.717, 1.165) is 89.9 Å². The number of rotatable bonds is 55. The normalized spacial score (nSPS) is 14.4. The van der Waals surface area contributed by atoms with Gasteiger partial charge in [0, 0.05) is 12.8 Å². The number of esters is 1. The number of phosphoric acid groups is 1. The number of phosphoric ester groups is 1. The number of allylic oxidation sites excluding steroid dienone is 17. The van der Waals surface area contributed by atoms with Crippen LogP contribution in [0.25, 0.3) is 0 Å². The van der Waals surface area contributed by atoms with Crippen LogP contribution in [0.2, 0.25) is 0 Å². The largest absolute Gasteiger partial charge is 0.756 e. The Bertz CT molecular complexity index is 1690. The van der Waals surface area contributed by atoms with Crippen molar-refractivity contribution in [1.82, 2.24) is 5.32 Å². The molecule has 0 bridgehead atoms. The number of nitrogens with one attached hydrogen (secondary N) is 1. The van der Waals surface area contributed by atoms with Gasteiger partial charge in [-0.15, -0.1) is 0 Å². The van der Waals surface area contributed by atoms with Crippen molar-refractivity contribution in [3.05, 3.63) is 109 Å². The molecule has 1 amide bonds. The van der Waals surface area contributed by atoms with Crippen LogP contribution in [0.5, 0.6) is 0 Å². The van der Waals surface area contributed by atoms with Crippen molar-refractivity contribution in [2.75, 3.05) is 40.9 Å². The summed E-state index contributed by atoms with van der Waals surface area (Å²) in [6.45, 7) is 6.72. The summed E-state index contributed by atoms with van der Waals surface area (Å²) in [6, 6.07) is -0.928. The minimum absolute atomic E-state index is 0.0397. The number of amides is 1. The first kappa shape index (κ1) is 73.7. The predicted octanol–water partition coefficient (Wildman–Crippen LogP) is 18.7. The fourth-order valence-electron chi connectivity index (χ4n) is 8.32. The molecular weight excluding hydrogens is 976 g/mol. The Hall–Kier alpha value is -3.33. The van der Waals surface area contributed by atoms with E-state index >= 15 is 0 Å². The highest BCUT2D eigenvalue weighted by Gasteiger charge is 2.27. The number of nitrogens with zero attached hydrogens (tertiary/aromatic N) is 1. The standard InChI is InChI=1S/C67H117N2O7P/c1-7-10-13-16-19-22-25-27-29-31-32-33-34-35-36-38-40-42-45-48-51-54-57-60-67(71)76-65(58-55-52-49-46-43-24-21-18-15-12-9-3)64(63-75-77(72,73)74-62-61-69(4,5)6)68-66(70)59-56-53-50-47-44-41-39-37-30-28-26-23-20-17-14-11-8-2/h19-20,22-23,27-30,32-33,35-36,39,41,47,50,55,58,64-65H,7-18,21,24-26,31,34,37-38,40,42-46,48-49,51-54,56-57,59-63H2,1-6H3,(H-,68,70,72,73)/b22-19-,23-20-,29-27-,30-28-,33-32-,36-35-,41-39-,50-47-,58-55-. The van der Waals surface area contributed by atoms with E-state index < -0.39 is 26.6 Å². The average Bonchev–Trinajstić information content (AvgIpc) is 3.39. The van der Waals surface area contributed by atoms with E-state index in [-0.39, 0.29) is 31.3 Å². The van der Waals surface area contributed by atoms with Gasteiger partial charge in [0.1, 0.15) is 19.3 Å². The molecule has 0 saturated carbocycles. The lowest BCUT2D eigenvalue weighted by atomic mass is 10.1. The zero-order valence-corrected chi connectivity index (χ0v) is 51.3. The molecule has 3 unspecified atom stereocenters. The topological polar surface area (TPSA) is 114 Å². The van der Waals surface area contributed by atoms with Crippen molar-refractivity contribution >= 4 is 19.7 Å². The summed E-state index contributed by atoms with van der Waals surface area (Å²) in [7, 11) is 1.13. The van der Waals surface area contributed by atoms with E-state index in [4.69, 9.17) is 13.8 Å². The third kappa shape index (κ3) is 57.2. The van der Waals surface area contributed by atoms with Crippen LogP contribution in [0, 0.1) is 0 Å². The summed E-state index contributed by atoms with van der Waals surface area (Å²) in [5.41, 5.74) is 0. The quantitative estimate of drug-likeness (QED) is 0.0212. The van der Waals surface area contributed by atoms with Crippen molar-refractivity contribution in [2.24, 2.45) is 0 Å². The van der Waals surface area contributed by atoms with Gasteiger partial charge in [-0.2, -0.15) is 0 Å². The maximum absolute atomic E-state index is 13.5. The van der Waals surface area contributed by atoms with Gasteiger partial charge in [0.25, 0.3) is 7.82 Å². The molecule has 0 rings (SSSR count). The molecule has 0 aromatic carbocycles. The number of carbonyl (C=O) groups excluding carboxylic acids is 2. The maximum atomic E-state index is 13.5. The van der Waals surface area contributed by atoms with Crippen LogP contribution < -0.4 is 10.2 Å². The van der Waals surface area contributed by atoms with Crippen molar-refractivity contribution < 1.29 is 37.3 Å². The van der Waals surface area contributed by atoms with Gasteiger partial charge >= 0.3 is 5.97 Å². The lowest BCUT2D eigenvalue weighted by Gasteiger charge is -2.30. The van der Waals surface area contributed by atoms with Gasteiger partial charge in [-0.25, -0.2) is 0 Å². The van der Waals surface area contributed by atoms with E-state index in [1.807, 2.05) is 33.3 Å². The van der Waals surface area contributed by atoms with Crippen LogP contribution in [-0.4, -0.2) is 69.4 Å². The van der Waals surface area contributed by atoms with Crippen LogP contribution in [0.4, 0.5) is 0 Å². The Balaban J connectivity index is 5.30. The van der Waals surface area contributed by atoms with E-state index in [0.29, 0.717) is 23.9 Å². The van der Waals surface area contributed by atoms with Gasteiger partial charge in [0.05, 0.1) is 33.8 Å². The second-order valence-electron chi connectivity index (χ2n) is 21.8. The Morgan fingerprint density at radius 2 is 0.805 bits per heavy atom. The summed E-state index contributed by atoms with van der Waals surface area (Å²) < 4.78 is 30.2. The number of unbranched alkanes of at least 4 members (excludes halogenated alkanes) is 23. The van der Waals surface area contributed by atoms with Crippen LogP contribution in [0.15, 0.2) is 109 Å². The molecule has 0 aromatic rings. The number of hydrogen-bond acceptors (Lipinski definition) is 7. The van der Waals surface area contributed by atoms with Crippen molar-refractivity contribution in [1.29, 1.82) is 0 Å². The molecule has 10 heteroatoms. The molecule has 1 N–H and O–H groups in total. The summed E-state index contributed by atoms with van der Waals surface area (Å²) in [5, 5.41) is 2.99. The lowest BCUT2D eigenvalue weighted by Crippen LogP contribution is -2.47. The van der Waals surface area contributed by atoms with E-state index in [2.05, 4.69) is 123 Å². The predicted molar refractivity (Wildman–Crippen MR) is 330 cm³/mol. The fraction of sp³-hybridized carbons (Fsp3) is 0.701. The number of likely N-dealkylation sites (N-methyl/N-ethyl adjacent to an activating group) is 1. The molecule has 3 atom stereocenters. The molecule has 0 aromatic heterocycles. The van der Waals surface area contributed by atoms with Gasteiger partial charge in [0.2, 0.25) is 5.91 Å². The molecule has 0 heterocycles. The van der Waals surface area contributed by atoms with Crippen LogP contribution in [0.1, 0.15) is 252 Å². The molecular formula is C67H117N2O7P. The Morgan fingerprint density at radius 1 is 0.455 bits per heavy atom. The maximum Gasteiger partial charge on any atom is 0.306 e. The van der Waals surface area contributed by atoms with E-state index in [9.17, 15) is 19.0 Å². The molecule has 0 aliphatic carbocycles. The number of quaternary nitrogens is 1. The van der Waals surface area contributed by atoms with Gasteiger partial charge in [0.15, 0.2) is 0 Å². The number of hydrogen-bond donors (Lipinski definition) is 1. The molecule has 0 radical (unpaired) electrons. The summed E-state index contributed by atoms with van der Waals surface area (Å²) >= 11 is 0. The zero-order valence-electron chi connectivity index (χ0n) is 50.4. The minimum atomic E-state index is -4.72. The molecule has 77 heavy (non-hydrogen) atoms. The third-order valence-electron chi connectivity index (χ3n) is 13.2. The van der Waals surface area contributed by atoms with Gasteiger partial charge < -0.3 is 28.5 Å². The first-order chi connectivity index (χ1) is 37.4. The average molecular weight is 1090 g/mol. The van der Waals surface area contributed by atoms with Crippen LogP contribution >= 0.6 is 7.82 Å². The fourth-order valence-corrected chi connectivity index (χ4v) is 9.04. The third-order valence-corrected chi connectivity index (χ3v) is 14.1. The smallest absolute Gasteiger partial charge is 0.306 e. The molecule has 0 aliphatic heterocycles. The van der Waals surface area contributed by atoms with E-state index in [1.165, 1.54) is 116 Å². The van der Waals surface area contributed by atoms with Crippen LogP contribution in [0.3, 0.4) is 0 Å². The highest BCUT2D eigenvalue weighted by Crippen LogP contribution is 2.38. The second-order valence-corrected chi connectivity index (χ2v) is 23.3. The van der Waals surface area contributed by atoms with Gasteiger partial charge in [-0.1, -0.05) is 233 Å². The van der Waals surface area contributed by atoms with Crippen molar-refractivity contribution in [3.63, 3.8) is 0 Å². The highest BCUT2D eigenvalue weighted by molar-refractivity contribution is 7.45. The molecule has 0 saturated heterocycles. The minimum Gasteiger partial charge on any atom is -0.756 e.